The molecule has 1 N–H and O–H groups in total. The standard InChI is InChI=1S/C13H17NO3/c1-5-17-13(16)12(15)14-11-7-9(3)8(2)6-10(11)4/h6-7H,5H2,1-4H3,(H,14,15). The molecule has 1 aromatic rings. The van der Waals surface area contributed by atoms with Crippen molar-refractivity contribution in [1.29, 1.82) is 0 Å². The molecular formula is C13H17NO3. The van der Waals surface area contributed by atoms with Crippen LogP contribution in [0, 0.1) is 20.8 Å². The zero-order chi connectivity index (χ0) is 13.0. The third-order valence-electron chi connectivity index (χ3n) is 2.55. The minimum absolute atomic E-state index is 0.193. The molecule has 17 heavy (non-hydrogen) atoms. The van der Waals surface area contributed by atoms with Gasteiger partial charge in [-0.15, -0.1) is 0 Å². The molecule has 4 nitrogen and oxygen atoms in total. The number of hydrogen-bond donors (Lipinski definition) is 1. The average Bonchev–Trinajstić information content (AvgIpc) is 2.26. The van der Waals surface area contributed by atoms with Crippen molar-refractivity contribution in [1.82, 2.24) is 0 Å². The lowest BCUT2D eigenvalue weighted by Crippen LogP contribution is -2.25. The van der Waals surface area contributed by atoms with Gasteiger partial charge in [0.1, 0.15) is 0 Å². The van der Waals surface area contributed by atoms with E-state index in [-0.39, 0.29) is 6.61 Å². The fraction of sp³-hybridized carbons (Fsp3) is 0.385. The van der Waals surface area contributed by atoms with Crippen LogP contribution in [0.5, 0.6) is 0 Å². The summed E-state index contributed by atoms with van der Waals surface area (Å²) in [7, 11) is 0. The quantitative estimate of drug-likeness (QED) is 0.631. The van der Waals surface area contributed by atoms with Gasteiger partial charge in [-0.1, -0.05) is 6.07 Å². The van der Waals surface area contributed by atoms with Crippen molar-refractivity contribution in [2.24, 2.45) is 0 Å². The van der Waals surface area contributed by atoms with E-state index in [4.69, 9.17) is 0 Å². The van der Waals surface area contributed by atoms with Gasteiger partial charge in [-0.25, -0.2) is 4.79 Å². The Kier molecular flexibility index (Phi) is 4.26. The van der Waals surface area contributed by atoms with Crippen LogP contribution in [0.15, 0.2) is 12.1 Å². The van der Waals surface area contributed by atoms with E-state index in [2.05, 4.69) is 10.1 Å². The molecule has 0 bridgehead atoms. The number of rotatable bonds is 2. The smallest absolute Gasteiger partial charge is 0.397 e. The topological polar surface area (TPSA) is 55.4 Å². The van der Waals surface area contributed by atoms with E-state index in [9.17, 15) is 9.59 Å². The van der Waals surface area contributed by atoms with E-state index >= 15 is 0 Å². The molecule has 0 atom stereocenters. The Morgan fingerprint density at radius 3 is 2.29 bits per heavy atom. The molecule has 0 radical (unpaired) electrons. The van der Waals surface area contributed by atoms with Gasteiger partial charge in [-0.3, -0.25) is 4.79 Å². The summed E-state index contributed by atoms with van der Waals surface area (Å²) >= 11 is 0. The Bertz CT molecular complexity index is 452. The van der Waals surface area contributed by atoms with Crippen LogP contribution in [-0.4, -0.2) is 18.5 Å². The molecule has 0 heterocycles. The van der Waals surface area contributed by atoms with E-state index in [1.54, 1.807) is 6.92 Å². The molecule has 0 aliphatic rings. The molecule has 92 valence electrons. The predicted octanol–water partition coefficient (Wildman–Crippen LogP) is 2.11. The number of hydrogen-bond acceptors (Lipinski definition) is 3. The van der Waals surface area contributed by atoms with Gasteiger partial charge < -0.3 is 10.1 Å². The Morgan fingerprint density at radius 1 is 1.12 bits per heavy atom. The van der Waals surface area contributed by atoms with E-state index in [1.165, 1.54) is 0 Å². The fourth-order valence-electron chi connectivity index (χ4n) is 1.47. The van der Waals surface area contributed by atoms with Crippen molar-refractivity contribution in [3.63, 3.8) is 0 Å². The van der Waals surface area contributed by atoms with Gasteiger partial charge in [-0.05, 0) is 50.5 Å². The number of ether oxygens (including phenoxy) is 1. The van der Waals surface area contributed by atoms with Crippen molar-refractivity contribution < 1.29 is 14.3 Å². The summed E-state index contributed by atoms with van der Waals surface area (Å²) in [4.78, 5) is 22.6. The van der Waals surface area contributed by atoms with Gasteiger partial charge in [-0.2, -0.15) is 0 Å². The van der Waals surface area contributed by atoms with Gasteiger partial charge in [0.05, 0.1) is 6.61 Å². The number of anilines is 1. The van der Waals surface area contributed by atoms with Crippen molar-refractivity contribution in [2.45, 2.75) is 27.7 Å². The number of nitrogens with one attached hydrogen (secondary N) is 1. The highest BCUT2D eigenvalue weighted by atomic mass is 16.5. The van der Waals surface area contributed by atoms with E-state index < -0.39 is 11.9 Å². The zero-order valence-electron chi connectivity index (χ0n) is 10.6. The molecular weight excluding hydrogens is 218 g/mol. The van der Waals surface area contributed by atoms with Crippen molar-refractivity contribution in [3.05, 3.63) is 28.8 Å². The second-order valence-electron chi connectivity index (χ2n) is 3.93. The second-order valence-corrected chi connectivity index (χ2v) is 3.93. The van der Waals surface area contributed by atoms with E-state index in [0.717, 1.165) is 16.7 Å². The van der Waals surface area contributed by atoms with Gasteiger partial charge >= 0.3 is 11.9 Å². The number of amides is 1. The first-order chi connectivity index (χ1) is 7.95. The third-order valence-corrected chi connectivity index (χ3v) is 2.55. The SMILES string of the molecule is CCOC(=O)C(=O)Nc1cc(C)c(C)cc1C. The zero-order valence-corrected chi connectivity index (χ0v) is 10.6. The Balaban J connectivity index is 2.85. The minimum atomic E-state index is -0.856. The molecule has 0 saturated carbocycles. The first kappa shape index (κ1) is 13.2. The lowest BCUT2D eigenvalue weighted by atomic mass is 10.0. The maximum Gasteiger partial charge on any atom is 0.397 e. The van der Waals surface area contributed by atoms with Crippen molar-refractivity contribution in [2.75, 3.05) is 11.9 Å². The van der Waals surface area contributed by atoms with E-state index in [0.29, 0.717) is 5.69 Å². The van der Waals surface area contributed by atoms with Crippen LogP contribution < -0.4 is 5.32 Å². The summed E-state index contributed by atoms with van der Waals surface area (Å²) in [5, 5.41) is 2.55. The number of esters is 1. The highest BCUT2D eigenvalue weighted by molar-refractivity contribution is 6.37. The predicted molar refractivity (Wildman–Crippen MR) is 65.9 cm³/mol. The molecule has 0 fully saturated rings. The third kappa shape index (κ3) is 3.31. The molecule has 0 unspecified atom stereocenters. The van der Waals surface area contributed by atoms with Crippen molar-refractivity contribution in [3.8, 4) is 0 Å². The lowest BCUT2D eigenvalue weighted by molar-refractivity contribution is -0.152. The van der Waals surface area contributed by atoms with Gasteiger partial charge in [0, 0.05) is 5.69 Å². The molecule has 0 spiro atoms. The van der Waals surface area contributed by atoms with Crippen LogP contribution >= 0.6 is 0 Å². The number of aryl methyl sites for hydroxylation is 3. The largest absolute Gasteiger partial charge is 0.459 e. The first-order valence-electron chi connectivity index (χ1n) is 5.51. The summed E-state index contributed by atoms with van der Waals surface area (Å²) in [6, 6.07) is 3.82. The molecule has 0 aliphatic heterocycles. The van der Waals surface area contributed by atoms with Gasteiger partial charge in [0.15, 0.2) is 0 Å². The number of benzene rings is 1. The molecule has 0 saturated heterocycles. The van der Waals surface area contributed by atoms with Crippen LogP contribution in [0.2, 0.25) is 0 Å². The highest BCUT2D eigenvalue weighted by Crippen LogP contribution is 2.19. The molecule has 1 rings (SSSR count). The number of carbonyl (C=O) groups excluding carboxylic acids is 2. The number of carbonyl (C=O) groups is 2. The van der Waals surface area contributed by atoms with Crippen LogP contribution in [-0.2, 0) is 14.3 Å². The molecule has 0 aliphatic carbocycles. The Hall–Kier alpha value is -1.84. The molecule has 1 amide bonds. The maximum atomic E-state index is 11.5. The minimum Gasteiger partial charge on any atom is -0.459 e. The lowest BCUT2D eigenvalue weighted by Gasteiger charge is -2.10. The van der Waals surface area contributed by atoms with Crippen LogP contribution in [0.25, 0.3) is 0 Å². The molecule has 1 aromatic carbocycles. The maximum absolute atomic E-state index is 11.5. The highest BCUT2D eigenvalue weighted by Gasteiger charge is 2.15. The average molecular weight is 235 g/mol. The van der Waals surface area contributed by atoms with Crippen LogP contribution in [0.4, 0.5) is 5.69 Å². The van der Waals surface area contributed by atoms with Gasteiger partial charge in [0.25, 0.3) is 0 Å². The summed E-state index contributed by atoms with van der Waals surface area (Å²) in [6.07, 6.45) is 0. The van der Waals surface area contributed by atoms with Gasteiger partial charge in [0.2, 0.25) is 0 Å². The summed E-state index contributed by atoms with van der Waals surface area (Å²) in [5.41, 5.74) is 3.78. The molecule has 0 aromatic heterocycles. The first-order valence-corrected chi connectivity index (χ1v) is 5.51. The summed E-state index contributed by atoms with van der Waals surface area (Å²) in [6.45, 7) is 7.69. The monoisotopic (exact) mass is 235 g/mol. The van der Waals surface area contributed by atoms with E-state index in [1.807, 2.05) is 32.9 Å². The van der Waals surface area contributed by atoms with Crippen LogP contribution in [0.1, 0.15) is 23.6 Å². The van der Waals surface area contributed by atoms with Crippen molar-refractivity contribution >= 4 is 17.6 Å². The second kappa shape index (κ2) is 5.48. The normalized spacial score (nSPS) is 9.88. The fourth-order valence-corrected chi connectivity index (χ4v) is 1.47. The van der Waals surface area contributed by atoms with Crippen LogP contribution in [0.3, 0.4) is 0 Å². The summed E-state index contributed by atoms with van der Waals surface area (Å²) < 4.78 is 4.62. The summed E-state index contributed by atoms with van der Waals surface area (Å²) in [5.74, 6) is -1.59. The Labute approximate surface area is 101 Å². The molecule has 4 heteroatoms. The Morgan fingerprint density at radius 2 is 1.71 bits per heavy atom.